The maximum Gasteiger partial charge on any atom is 0.339 e. The topological polar surface area (TPSA) is 53.4 Å². The molecule has 104 valence electrons. The molecule has 1 saturated carbocycles. The first-order valence-electron chi connectivity index (χ1n) is 7.03. The number of aromatic carboxylic acids is 1. The zero-order chi connectivity index (χ0) is 13.8. The Balaban J connectivity index is 2.12. The van der Waals surface area contributed by atoms with Gasteiger partial charge in [-0.15, -0.1) is 0 Å². The summed E-state index contributed by atoms with van der Waals surface area (Å²) in [4.78, 5) is 17.3. The van der Waals surface area contributed by atoms with Crippen LogP contribution in [0.2, 0.25) is 0 Å². The van der Waals surface area contributed by atoms with E-state index in [4.69, 9.17) is 0 Å². The van der Waals surface area contributed by atoms with E-state index < -0.39 is 5.97 Å². The first-order valence-corrected chi connectivity index (χ1v) is 7.03. The van der Waals surface area contributed by atoms with Gasteiger partial charge in [0.1, 0.15) is 5.56 Å². The quantitative estimate of drug-likeness (QED) is 0.905. The Bertz CT molecular complexity index is 440. The molecule has 4 heteroatoms. The normalized spacial score (nSPS) is 23.1. The third-order valence-electron chi connectivity index (χ3n) is 4.35. The molecule has 0 bridgehead atoms. The number of pyridine rings is 1. The summed E-state index contributed by atoms with van der Waals surface area (Å²) in [6, 6.07) is 2.25. The van der Waals surface area contributed by atoms with Crippen LogP contribution >= 0.6 is 0 Å². The van der Waals surface area contributed by atoms with Gasteiger partial charge in [0, 0.05) is 25.5 Å². The van der Waals surface area contributed by atoms with Crippen molar-refractivity contribution in [2.75, 3.05) is 11.9 Å². The molecule has 0 radical (unpaired) electrons. The van der Waals surface area contributed by atoms with Gasteiger partial charge in [0.25, 0.3) is 0 Å². The minimum absolute atomic E-state index is 0.294. The molecule has 1 aromatic heterocycles. The molecule has 0 saturated heterocycles. The first kappa shape index (κ1) is 13.8. The van der Waals surface area contributed by atoms with Gasteiger partial charge in [0.15, 0.2) is 0 Å². The van der Waals surface area contributed by atoms with Crippen LogP contribution in [0.25, 0.3) is 0 Å². The average molecular weight is 262 g/mol. The Labute approximate surface area is 114 Å². The van der Waals surface area contributed by atoms with Crippen molar-refractivity contribution in [2.45, 2.75) is 45.1 Å². The fourth-order valence-electron chi connectivity index (χ4n) is 3.00. The third-order valence-corrected chi connectivity index (χ3v) is 4.35. The van der Waals surface area contributed by atoms with E-state index >= 15 is 0 Å². The van der Waals surface area contributed by atoms with Crippen LogP contribution in [-0.4, -0.2) is 29.1 Å². The Morgan fingerprint density at radius 2 is 2.11 bits per heavy atom. The fourth-order valence-corrected chi connectivity index (χ4v) is 3.00. The van der Waals surface area contributed by atoms with Crippen molar-refractivity contribution in [3.8, 4) is 0 Å². The number of carboxylic acids is 1. The van der Waals surface area contributed by atoms with Crippen molar-refractivity contribution >= 4 is 11.7 Å². The van der Waals surface area contributed by atoms with Gasteiger partial charge in [-0.1, -0.05) is 13.3 Å². The molecule has 1 heterocycles. The van der Waals surface area contributed by atoms with Crippen LogP contribution in [-0.2, 0) is 0 Å². The highest BCUT2D eigenvalue weighted by Gasteiger charge is 2.25. The minimum atomic E-state index is -0.905. The predicted molar refractivity (Wildman–Crippen MR) is 75.6 cm³/mol. The fraction of sp³-hybridized carbons (Fsp3) is 0.600. The van der Waals surface area contributed by atoms with E-state index in [2.05, 4.69) is 16.8 Å². The molecule has 0 unspecified atom stereocenters. The summed E-state index contributed by atoms with van der Waals surface area (Å²) in [7, 11) is 2.00. The highest BCUT2D eigenvalue weighted by molar-refractivity contribution is 5.94. The molecule has 1 aromatic rings. The molecular weight excluding hydrogens is 240 g/mol. The van der Waals surface area contributed by atoms with Gasteiger partial charge < -0.3 is 10.0 Å². The molecule has 1 fully saturated rings. The van der Waals surface area contributed by atoms with Crippen molar-refractivity contribution in [3.05, 3.63) is 24.0 Å². The molecule has 0 atom stereocenters. The second kappa shape index (κ2) is 6.04. The maximum absolute atomic E-state index is 11.2. The van der Waals surface area contributed by atoms with E-state index in [0.29, 0.717) is 11.6 Å². The zero-order valence-electron chi connectivity index (χ0n) is 11.7. The number of anilines is 1. The molecule has 0 aliphatic heterocycles. The Morgan fingerprint density at radius 3 is 2.68 bits per heavy atom. The SMILES string of the molecule is CCC1CCC(N(C)c2ccncc2C(=O)O)CC1. The molecule has 4 nitrogen and oxygen atoms in total. The number of rotatable bonds is 4. The van der Waals surface area contributed by atoms with Gasteiger partial charge in [-0.25, -0.2) is 4.79 Å². The second-order valence-corrected chi connectivity index (χ2v) is 5.39. The molecule has 1 N–H and O–H groups in total. The Hall–Kier alpha value is -1.58. The van der Waals surface area contributed by atoms with E-state index in [1.165, 1.54) is 25.5 Å². The van der Waals surface area contributed by atoms with Crippen molar-refractivity contribution < 1.29 is 9.90 Å². The highest BCUT2D eigenvalue weighted by atomic mass is 16.4. The van der Waals surface area contributed by atoms with E-state index in [-0.39, 0.29) is 0 Å². The van der Waals surface area contributed by atoms with Crippen LogP contribution in [0.5, 0.6) is 0 Å². The van der Waals surface area contributed by atoms with Gasteiger partial charge in [-0.2, -0.15) is 0 Å². The number of hydrogen-bond donors (Lipinski definition) is 1. The summed E-state index contributed by atoms with van der Waals surface area (Å²) >= 11 is 0. The van der Waals surface area contributed by atoms with Crippen molar-refractivity contribution in [1.82, 2.24) is 4.98 Å². The molecule has 0 aromatic carbocycles. The van der Waals surface area contributed by atoms with Gasteiger partial charge in [0.2, 0.25) is 0 Å². The van der Waals surface area contributed by atoms with Crippen LogP contribution in [0, 0.1) is 5.92 Å². The number of hydrogen-bond acceptors (Lipinski definition) is 3. The smallest absolute Gasteiger partial charge is 0.339 e. The molecular formula is C15H22N2O2. The first-order chi connectivity index (χ1) is 9.13. The summed E-state index contributed by atoms with van der Waals surface area (Å²) in [6.07, 6.45) is 9.15. The van der Waals surface area contributed by atoms with E-state index in [1.54, 1.807) is 12.3 Å². The Kier molecular flexibility index (Phi) is 4.40. The number of aromatic nitrogens is 1. The van der Waals surface area contributed by atoms with E-state index in [0.717, 1.165) is 24.4 Å². The van der Waals surface area contributed by atoms with Crippen LogP contribution in [0.15, 0.2) is 18.5 Å². The van der Waals surface area contributed by atoms with Crippen molar-refractivity contribution in [1.29, 1.82) is 0 Å². The van der Waals surface area contributed by atoms with Gasteiger partial charge >= 0.3 is 5.97 Å². The zero-order valence-corrected chi connectivity index (χ0v) is 11.7. The number of nitrogens with zero attached hydrogens (tertiary/aromatic N) is 2. The standard InChI is InChI=1S/C15H22N2O2/c1-3-11-4-6-12(7-5-11)17(2)14-8-9-16-10-13(14)15(18)19/h8-12H,3-7H2,1-2H3,(H,18,19). The largest absolute Gasteiger partial charge is 0.478 e. The van der Waals surface area contributed by atoms with Gasteiger partial charge in [-0.3, -0.25) is 4.98 Å². The highest BCUT2D eigenvalue weighted by Crippen LogP contribution is 2.32. The van der Waals surface area contributed by atoms with Crippen LogP contribution in [0.3, 0.4) is 0 Å². The lowest BCUT2D eigenvalue weighted by atomic mass is 9.84. The molecule has 19 heavy (non-hydrogen) atoms. The van der Waals surface area contributed by atoms with Gasteiger partial charge in [0.05, 0.1) is 5.69 Å². The Morgan fingerprint density at radius 1 is 1.42 bits per heavy atom. The van der Waals surface area contributed by atoms with Crippen LogP contribution in [0.4, 0.5) is 5.69 Å². The monoisotopic (exact) mass is 262 g/mol. The maximum atomic E-state index is 11.2. The number of carboxylic acid groups (broad SMARTS) is 1. The summed E-state index contributed by atoms with van der Waals surface area (Å²) in [5.74, 6) is -0.0572. The molecule has 0 amide bonds. The van der Waals surface area contributed by atoms with Crippen LogP contribution < -0.4 is 4.90 Å². The molecule has 1 aliphatic carbocycles. The lowest BCUT2D eigenvalue weighted by Gasteiger charge is -2.36. The van der Waals surface area contributed by atoms with Gasteiger partial charge in [-0.05, 0) is 37.7 Å². The van der Waals surface area contributed by atoms with Crippen molar-refractivity contribution in [2.24, 2.45) is 5.92 Å². The summed E-state index contributed by atoms with van der Waals surface area (Å²) in [5, 5.41) is 9.23. The molecule has 2 rings (SSSR count). The average Bonchev–Trinajstić information content (AvgIpc) is 2.46. The summed E-state index contributed by atoms with van der Waals surface area (Å²) < 4.78 is 0. The second-order valence-electron chi connectivity index (χ2n) is 5.39. The van der Waals surface area contributed by atoms with E-state index in [9.17, 15) is 9.90 Å². The minimum Gasteiger partial charge on any atom is -0.478 e. The van der Waals surface area contributed by atoms with Crippen LogP contribution in [0.1, 0.15) is 49.4 Å². The van der Waals surface area contributed by atoms with E-state index in [1.807, 2.05) is 7.05 Å². The summed E-state index contributed by atoms with van der Waals surface area (Å²) in [6.45, 7) is 2.25. The van der Waals surface area contributed by atoms with Crippen molar-refractivity contribution in [3.63, 3.8) is 0 Å². The summed E-state index contributed by atoms with van der Waals surface area (Å²) in [5.41, 5.74) is 1.07. The predicted octanol–water partition coefficient (Wildman–Crippen LogP) is 3.18. The molecule has 0 spiro atoms. The lowest BCUT2D eigenvalue weighted by Crippen LogP contribution is -2.36. The lowest BCUT2D eigenvalue weighted by molar-refractivity contribution is 0.0697. The third kappa shape index (κ3) is 3.06. The molecule has 1 aliphatic rings. The number of carbonyl (C=O) groups is 1.